The molecule has 0 radical (unpaired) electrons. The second kappa shape index (κ2) is 17.6. The third-order valence-corrected chi connectivity index (χ3v) is 2.78. The Balaban J connectivity index is 3.22. The van der Waals surface area contributed by atoms with E-state index in [0.29, 0.717) is 52.1 Å². The van der Waals surface area contributed by atoms with E-state index >= 15 is 0 Å². The lowest BCUT2D eigenvalue weighted by atomic mass is 10.2. The Bertz CT molecular complexity index is 376. The molecule has 0 heterocycles. The number of rotatable bonds is 18. The number of aliphatic carboxylic acids is 1. The van der Waals surface area contributed by atoms with Crippen molar-refractivity contribution < 1.29 is 43.2 Å². The molecule has 0 aliphatic heterocycles. The Morgan fingerprint density at radius 3 is 1.56 bits per heavy atom. The first-order valence-corrected chi connectivity index (χ1v) is 8.40. The first-order chi connectivity index (χ1) is 12.1. The van der Waals surface area contributed by atoms with Crippen LogP contribution in [0.1, 0.15) is 12.8 Å². The Morgan fingerprint density at radius 1 is 0.680 bits per heavy atom. The molecule has 0 saturated carbocycles. The van der Waals surface area contributed by atoms with Crippen molar-refractivity contribution >= 4 is 29.3 Å². The van der Waals surface area contributed by atoms with Crippen LogP contribution in [0.25, 0.3) is 0 Å². The molecule has 10 heteroatoms. The lowest BCUT2D eigenvalue weighted by molar-refractivity contribution is -0.151. The summed E-state index contributed by atoms with van der Waals surface area (Å²) in [6.45, 7) is 3.33. The van der Waals surface area contributed by atoms with Crippen molar-refractivity contribution in [1.82, 2.24) is 0 Å². The first-order valence-electron chi connectivity index (χ1n) is 7.86. The number of halogens is 1. The maximum absolute atomic E-state index is 11.2. The number of ketones is 1. The van der Waals surface area contributed by atoms with Gasteiger partial charge in [-0.05, 0) is 0 Å². The fourth-order valence-electron chi connectivity index (χ4n) is 1.43. The van der Waals surface area contributed by atoms with E-state index < -0.39 is 17.7 Å². The van der Waals surface area contributed by atoms with Crippen molar-refractivity contribution in [2.45, 2.75) is 12.8 Å². The largest absolute Gasteiger partial charge is 0.476 e. The number of carbonyl (C=O) groups excluding carboxylic acids is 2. The normalized spacial score (nSPS) is 10.6. The molecule has 1 N–H and O–H groups in total. The summed E-state index contributed by atoms with van der Waals surface area (Å²) in [5.74, 6) is -2.74. The van der Waals surface area contributed by atoms with Gasteiger partial charge in [-0.25, -0.2) is 4.79 Å². The van der Waals surface area contributed by atoms with Crippen LogP contribution in [0.2, 0.25) is 0 Å². The van der Waals surface area contributed by atoms with Gasteiger partial charge in [0.2, 0.25) is 5.78 Å². The third-order valence-electron chi connectivity index (χ3n) is 2.62. The molecule has 9 nitrogen and oxygen atoms in total. The van der Waals surface area contributed by atoms with E-state index in [1.807, 2.05) is 0 Å². The van der Waals surface area contributed by atoms with E-state index in [1.165, 1.54) is 0 Å². The zero-order chi connectivity index (χ0) is 18.8. The van der Waals surface area contributed by atoms with Crippen molar-refractivity contribution in [3.8, 4) is 0 Å². The highest BCUT2D eigenvalue weighted by Crippen LogP contribution is 1.95. The molecular formula is C15H25ClO9. The minimum Gasteiger partial charge on any atom is -0.476 e. The van der Waals surface area contributed by atoms with Gasteiger partial charge in [0.1, 0.15) is 6.61 Å². The van der Waals surface area contributed by atoms with E-state index in [1.54, 1.807) is 0 Å². The molecule has 0 amide bonds. The smallest absolute Gasteiger partial charge is 0.372 e. The number of carbonyl (C=O) groups is 3. The molecule has 25 heavy (non-hydrogen) atoms. The van der Waals surface area contributed by atoms with E-state index in [4.69, 9.17) is 40.4 Å². The van der Waals surface area contributed by atoms with Crippen molar-refractivity contribution in [2.75, 3.05) is 65.3 Å². The molecular weight excluding hydrogens is 360 g/mol. The molecule has 0 bridgehead atoms. The Kier molecular flexibility index (Phi) is 16.7. The molecule has 0 unspecified atom stereocenters. The van der Waals surface area contributed by atoms with Crippen LogP contribution in [0, 0.1) is 0 Å². The molecule has 0 aliphatic carbocycles. The van der Waals surface area contributed by atoms with Gasteiger partial charge in [-0.3, -0.25) is 9.59 Å². The van der Waals surface area contributed by atoms with Crippen LogP contribution < -0.4 is 0 Å². The van der Waals surface area contributed by atoms with Gasteiger partial charge in [-0.2, -0.15) is 0 Å². The van der Waals surface area contributed by atoms with Crippen LogP contribution in [-0.2, 0) is 38.1 Å². The summed E-state index contributed by atoms with van der Waals surface area (Å²) >= 11 is 5.44. The molecule has 0 fully saturated rings. The van der Waals surface area contributed by atoms with Crippen LogP contribution in [0.15, 0.2) is 0 Å². The predicted octanol–water partition coefficient (Wildman–Crippen LogP) is 0.269. The predicted molar refractivity (Wildman–Crippen MR) is 86.8 cm³/mol. The summed E-state index contributed by atoms with van der Waals surface area (Å²) in [5, 5.41) is 8.35. The number of ether oxygens (including phenoxy) is 5. The summed E-state index contributed by atoms with van der Waals surface area (Å²) in [6, 6.07) is 0. The van der Waals surface area contributed by atoms with Crippen molar-refractivity contribution in [3.05, 3.63) is 0 Å². The fraction of sp³-hybridized carbons (Fsp3) is 0.800. The quantitative estimate of drug-likeness (QED) is 0.154. The zero-order valence-corrected chi connectivity index (χ0v) is 14.8. The van der Waals surface area contributed by atoms with Gasteiger partial charge in [-0.15, -0.1) is 11.6 Å². The highest BCUT2D eigenvalue weighted by Gasteiger charge is 2.13. The standard InChI is InChI=1S/C15H25ClO9/c16-3-4-21-5-6-22-7-8-23-9-10-24-11-12-25-14(18)2-1-13(17)15(19)20/h1-12H2,(H,19,20). The number of hydrogen-bond donors (Lipinski definition) is 1. The van der Waals surface area contributed by atoms with Gasteiger partial charge in [0.05, 0.1) is 59.3 Å². The second-order valence-electron chi connectivity index (χ2n) is 4.59. The average Bonchev–Trinajstić information content (AvgIpc) is 2.59. The van der Waals surface area contributed by atoms with E-state index in [9.17, 15) is 14.4 Å². The number of hydrogen-bond acceptors (Lipinski definition) is 8. The lowest BCUT2D eigenvalue weighted by Gasteiger charge is -2.07. The Labute approximate surface area is 151 Å². The SMILES string of the molecule is O=C(CCC(=O)C(=O)O)OCCOCCOCCOCCOCCCl. The summed E-state index contributed by atoms with van der Waals surface area (Å²) in [7, 11) is 0. The average molecular weight is 385 g/mol. The maximum Gasteiger partial charge on any atom is 0.372 e. The summed E-state index contributed by atoms with van der Waals surface area (Å²) in [4.78, 5) is 32.3. The monoisotopic (exact) mass is 384 g/mol. The van der Waals surface area contributed by atoms with Crippen LogP contribution in [0.3, 0.4) is 0 Å². The molecule has 0 aromatic heterocycles. The minimum atomic E-state index is -1.55. The van der Waals surface area contributed by atoms with E-state index in [0.717, 1.165) is 0 Å². The van der Waals surface area contributed by atoms with Gasteiger partial charge < -0.3 is 28.8 Å². The van der Waals surface area contributed by atoms with Gasteiger partial charge in [0.25, 0.3) is 0 Å². The number of carboxylic acid groups (broad SMARTS) is 1. The van der Waals surface area contributed by atoms with Gasteiger partial charge in [0.15, 0.2) is 0 Å². The number of Topliss-reactive ketones (excluding diaryl/α,β-unsaturated/α-hetero) is 1. The topological polar surface area (TPSA) is 118 Å². The minimum absolute atomic E-state index is 0.0332. The second-order valence-corrected chi connectivity index (χ2v) is 4.97. The number of alkyl halides is 1. The van der Waals surface area contributed by atoms with Crippen LogP contribution in [0.4, 0.5) is 0 Å². The molecule has 0 atom stereocenters. The number of esters is 1. The molecule has 0 rings (SSSR count). The zero-order valence-electron chi connectivity index (χ0n) is 14.1. The summed E-state index contributed by atoms with van der Waals surface area (Å²) in [6.07, 6.45) is -0.630. The summed E-state index contributed by atoms with van der Waals surface area (Å²) in [5.41, 5.74) is 0. The van der Waals surface area contributed by atoms with Crippen LogP contribution in [0.5, 0.6) is 0 Å². The summed E-state index contributed by atoms with van der Waals surface area (Å²) < 4.78 is 25.6. The first kappa shape index (κ1) is 23.7. The molecule has 146 valence electrons. The lowest BCUT2D eigenvalue weighted by Crippen LogP contribution is -2.17. The molecule has 0 saturated heterocycles. The van der Waals surface area contributed by atoms with E-state index in [-0.39, 0.29) is 26.1 Å². The Morgan fingerprint density at radius 2 is 1.12 bits per heavy atom. The fourth-order valence-corrected chi connectivity index (χ4v) is 1.53. The molecule has 0 aromatic carbocycles. The Hall–Kier alpha value is -1.26. The van der Waals surface area contributed by atoms with Gasteiger partial charge in [0, 0.05) is 12.3 Å². The highest BCUT2D eigenvalue weighted by atomic mass is 35.5. The highest BCUT2D eigenvalue weighted by molar-refractivity contribution is 6.32. The molecule has 0 aromatic rings. The molecule has 0 aliphatic rings. The van der Waals surface area contributed by atoms with Crippen molar-refractivity contribution in [1.29, 1.82) is 0 Å². The number of carboxylic acids is 1. The third kappa shape index (κ3) is 17.4. The van der Waals surface area contributed by atoms with Crippen LogP contribution >= 0.6 is 11.6 Å². The van der Waals surface area contributed by atoms with Gasteiger partial charge in [-0.1, -0.05) is 0 Å². The van der Waals surface area contributed by atoms with Crippen molar-refractivity contribution in [3.63, 3.8) is 0 Å². The molecule has 0 spiro atoms. The van der Waals surface area contributed by atoms with Crippen molar-refractivity contribution in [2.24, 2.45) is 0 Å². The van der Waals surface area contributed by atoms with Gasteiger partial charge >= 0.3 is 11.9 Å². The maximum atomic E-state index is 11.2. The van der Waals surface area contributed by atoms with E-state index in [2.05, 4.69) is 0 Å². The van der Waals surface area contributed by atoms with Crippen LogP contribution in [-0.4, -0.2) is 88.2 Å².